The van der Waals surface area contributed by atoms with Crippen molar-refractivity contribution in [2.45, 2.75) is 25.6 Å². The lowest BCUT2D eigenvalue weighted by molar-refractivity contribution is -0.141. The zero-order valence-electron chi connectivity index (χ0n) is 18.6. The first-order valence-electron chi connectivity index (χ1n) is 10.6. The second-order valence-electron chi connectivity index (χ2n) is 7.94. The number of pyridine rings is 1. The van der Waals surface area contributed by atoms with Crippen LogP contribution in [0.15, 0.2) is 54.7 Å². The van der Waals surface area contributed by atoms with E-state index in [2.05, 4.69) is 4.98 Å². The highest BCUT2D eigenvalue weighted by molar-refractivity contribution is 7.89. The van der Waals surface area contributed by atoms with Crippen molar-refractivity contribution in [1.82, 2.24) is 9.29 Å². The predicted octanol–water partition coefficient (Wildman–Crippen LogP) is 3.60. The number of hydrogen-bond acceptors (Lipinski definition) is 6. The summed E-state index contributed by atoms with van der Waals surface area (Å²) in [4.78, 5) is 15.6. The van der Waals surface area contributed by atoms with Gasteiger partial charge < -0.3 is 14.6 Å². The van der Waals surface area contributed by atoms with Gasteiger partial charge in [-0.05, 0) is 47.9 Å². The van der Waals surface area contributed by atoms with Gasteiger partial charge in [-0.2, -0.15) is 4.31 Å². The minimum Gasteiger partial charge on any atom is -0.496 e. The second-order valence-corrected chi connectivity index (χ2v) is 9.98. The zero-order valence-corrected chi connectivity index (χ0v) is 19.5. The molecule has 1 N–H and O–H groups in total. The van der Waals surface area contributed by atoms with Gasteiger partial charge in [0.15, 0.2) is 11.6 Å². The number of aliphatic carboxylic acids is 1. The summed E-state index contributed by atoms with van der Waals surface area (Å²) in [6.45, 7) is 0.0103. The quantitative estimate of drug-likeness (QED) is 0.500. The van der Waals surface area contributed by atoms with Crippen LogP contribution in [0.1, 0.15) is 17.7 Å². The molecule has 0 radical (unpaired) electrons. The number of methoxy groups -OCH3 is 1. The first-order valence-corrected chi connectivity index (χ1v) is 12.2. The maximum atomic E-state index is 13.7. The van der Waals surface area contributed by atoms with Crippen molar-refractivity contribution in [2.75, 3.05) is 12.9 Å². The summed E-state index contributed by atoms with van der Waals surface area (Å²) in [5.41, 5.74) is 2.13. The lowest BCUT2D eigenvalue weighted by Crippen LogP contribution is -2.38. The molecule has 0 saturated carbocycles. The minimum atomic E-state index is -3.66. The third kappa shape index (κ3) is 5.41. The van der Waals surface area contributed by atoms with Crippen LogP contribution in [0.25, 0.3) is 11.1 Å². The van der Waals surface area contributed by atoms with Gasteiger partial charge in [0.05, 0.1) is 25.1 Å². The molecule has 1 fully saturated rings. The van der Waals surface area contributed by atoms with E-state index in [1.165, 1.54) is 13.3 Å². The number of nitrogens with zero attached hydrogens (tertiary/aromatic N) is 2. The molecule has 4 rings (SSSR count). The third-order valence-corrected chi connectivity index (χ3v) is 7.50. The third-order valence-electron chi connectivity index (χ3n) is 5.65. The van der Waals surface area contributed by atoms with Gasteiger partial charge in [0.2, 0.25) is 10.0 Å². The molecule has 2 aromatic carbocycles. The fourth-order valence-corrected chi connectivity index (χ4v) is 5.52. The molecule has 0 bridgehead atoms. The molecule has 1 atom stereocenters. The SMILES string of the molecule is COc1cc(F)c(F)cc1-c1ccc(OCc2ccnc(CN3C(C(=O)O)CCS3(=O)=O)c2)cc1. The number of benzene rings is 2. The van der Waals surface area contributed by atoms with Crippen molar-refractivity contribution < 1.29 is 36.6 Å². The van der Waals surface area contributed by atoms with Crippen LogP contribution in [0.4, 0.5) is 8.78 Å². The number of halogens is 2. The first-order chi connectivity index (χ1) is 16.7. The normalized spacial score (nSPS) is 17.3. The Morgan fingerprint density at radius 3 is 2.54 bits per heavy atom. The smallest absolute Gasteiger partial charge is 0.322 e. The standard InChI is InChI=1S/C24H22F2N2O6S/c1-33-23-12-21(26)20(25)11-19(23)16-2-4-18(5-3-16)34-14-15-6-8-27-17(10-15)13-28-22(24(29)30)7-9-35(28,31)32/h2-6,8,10-12,22H,7,9,13-14H2,1H3,(H,29,30). The molecule has 8 nitrogen and oxygen atoms in total. The first kappa shape index (κ1) is 24.6. The summed E-state index contributed by atoms with van der Waals surface area (Å²) >= 11 is 0. The van der Waals surface area contributed by atoms with Crippen LogP contribution in [-0.4, -0.2) is 47.7 Å². The van der Waals surface area contributed by atoms with Gasteiger partial charge in [-0.15, -0.1) is 0 Å². The van der Waals surface area contributed by atoms with Crippen molar-refractivity contribution in [2.24, 2.45) is 0 Å². The van der Waals surface area contributed by atoms with E-state index >= 15 is 0 Å². The molecule has 35 heavy (non-hydrogen) atoms. The van der Waals surface area contributed by atoms with Gasteiger partial charge >= 0.3 is 5.97 Å². The Hall–Kier alpha value is -3.57. The topological polar surface area (TPSA) is 106 Å². The van der Waals surface area contributed by atoms with E-state index in [0.29, 0.717) is 28.1 Å². The van der Waals surface area contributed by atoms with E-state index in [0.717, 1.165) is 16.4 Å². The van der Waals surface area contributed by atoms with Crippen LogP contribution in [0.3, 0.4) is 0 Å². The lowest BCUT2D eigenvalue weighted by atomic mass is 10.0. The van der Waals surface area contributed by atoms with Gasteiger partial charge in [-0.25, -0.2) is 17.2 Å². The fourth-order valence-electron chi connectivity index (χ4n) is 3.86. The summed E-state index contributed by atoms with van der Waals surface area (Å²) < 4.78 is 63.6. The summed E-state index contributed by atoms with van der Waals surface area (Å²) in [7, 11) is -2.28. The maximum absolute atomic E-state index is 13.7. The van der Waals surface area contributed by atoms with Crippen molar-refractivity contribution in [3.8, 4) is 22.6 Å². The Labute approximate surface area is 200 Å². The number of sulfonamides is 1. The van der Waals surface area contributed by atoms with Crippen LogP contribution < -0.4 is 9.47 Å². The summed E-state index contributed by atoms with van der Waals surface area (Å²) in [6, 6.07) is 11.0. The van der Waals surface area contributed by atoms with Crippen LogP contribution in [-0.2, 0) is 28.0 Å². The van der Waals surface area contributed by atoms with Crippen molar-refractivity contribution in [1.29, 1.82) is 0 Å². The number of rotatable bonds is 8. The molecule has 11 heteroatoms. The molecular formula is C24H22F2N2O6S. The highest BCUT2D eigenvalue weighted by Crippen LogP contribution is 2.33. The number of carboxylic acids is 1. The van der Waals surface area contributed by atoms with Crippen LogP contribution >= 0.6 is 0 Å². The molecule has 1 aromatic heterocycles. The number of hydrogen-bond donors (Lipinski definition) is 1. The molecule has 2 heterocycles. The molecule has 0 amide bonds. The Kier molecular flexibility index (Phi) is 6.99. The van der Waals surface area contributed by atoms with Gasteiger partial charge in [0, 0.05) is 17.8 Å². The van der Waals surface area contributed by atoms with E-state index in [9.17, 15) is 27.1 Å². The molecule has 1 aliphatic heterocycles. The molecule has 1 saturated heterocycles. The van der Waals surface area contributed by atoms with Crippen LogP contribution in [0.5, 0.6) is 11.5 Å². The largest absolute Gasteiger partial charge is 0.496 e. The van der Waals surface area contributed by atoms with E-state index in [1.807, 2.05) is 0 Å². The number of aromatic nitrogens is 1. The Morgan fingerprint density at radius 2 is 1.86 bits per heavy atom. The summed E-state index contributed by atoms with van der Waals surface area (Å²) in [5, 5.41) is 9.32. The number of carbonyl (C=O) groups is 1. The second kappa shape index (κ2) is 9.96. The minimum absolute atomic E-state index is 0.0346. The van der Waals surface area contributed by atoms with E-state index in [-0.39, 0.29) is 31.1 Å². The predicted molar refractivity (Wildman–Crippen MR) is 122 cm³/mol. The molecule has 0 spiro atoms. The zero-order chi connectivity index (χ0) is 25.2. The average molecular weight is 505 g/mol. The number of ether oxygens (including phenoxy) is 2. The molecule has 1 unspecified atom stereocenters. The maximum Gasteiger partial charge on any atom is 0.322 e. The Bertz CT molecular complexity index is 1350. The van der Waals surface area contributed by atoms with E-state index < -0.39 is 33.7 Å². The molecule has 1 aliphatic rings. The molecular weight excluding hydrogens is 482 g/mol. The summed E-state index contributed by atoms with van der Waals surface area (Å²) in [6.07, 6.45) is 1.54. The van der Waals surface area contributed by atoms with Crippen LogP contribution in [0, 0.1) is 11.6 Å². The summed E-state index contributed by atoms with van der Waals surface area (Å²) in [5.74, 6) is -2.66. The number of carboxylic acid groups (broad SMARTS) is 1. The van der Waals surface area contributed by atoms with Gasteiger partial charge in [0.1, 0.15) is 24.1 Å². The van der Waals surface area contributed by atoms with E-state index in [1.54, 1.807) is 36.4 Å². The van der Waals surface area contributed by atoms with Crippen molar-refractivity contribution in [3.05, 3.63) is 77.6 Å². The van der Waals surface area contributed by atoms with Gasteiger partial charge in [-0.3, -0.25) is 9.78 Å². The fraction of sp³-hybridized carbons (Fsp3) is 0.250. The average Bonchev–Trinajstić information content (AvgIpc) is 3.14. The van der Waals surface area contributed by atoms with Gasteiger partial charge in [0.25, 0.3) is 0 Å². The highest BCUT2D eigenvalue weighted by Gasteiger charge is 2.41. The van der Waals surface area contributed by atoms with Crippen LogP contribution in [0.2, 0.25) is 0 Å². The molecule has 3 aromatic rings. The van der Waals surface area contributed by atoms with Crippen molar-refractivity contribution in [3.63, 3.8) is 0 Å². The monoisotopic (exact) mass is 504 g/mol. The Morgan fingerprint density at radius 1 is 1.14 bits per heavy atom. The lowest BCUT2D eigenvalue weighted by Gasteiger charge is -2.19. The molecule has 0 aliphatic carbocycles. The molecule has 184 valence electrons. The van der Waals surface area contributed by atoms with Crippen molar-refractivity contribution >= 4 is 16.0 Å². The van der Waals surface area contributed by atoms with E-state index in [4.69, 9.17) is 9.47 Å². The Balaban J connectivity index is 1.44. The highest BCUT2D eigenvalue weighted by atomic mass is 32.2. The van der Waals surface area contributed by atoms with Gasteiger partial charge in [-0.1, -0.05) is 12.1 Å².